The number of halogens is 1. The molecule has 25 heavy (non-hydrogen) atoms. The summed E-state index contributed by atoms with van der Waals surface area (Å²) < 4.78 is 0. The van der Waals surface area contributed by atoms with Gasteiger partial charge in [0, 0.05) is 12.7 Å². The number of aryl methyl sites for hydroxylation is 2. The van der Waals surface area contributed by atoms with Crippen molar-refractivity contribution in [3.05, 3.63) is 58.0 Å². The number of rotatable bonds is 3. The van der Waals surface area contributed by atoms with Crippen LogP contribution in [0.4, 0.5) is 0 Å². The summed E-state index contributed by atoms with van der Waals surface area (Å²) in [5.74, 6) is 1.01. The highest BCUT2D eigenvalue weighted by Gasteiger charge is 2.26. The summed E-state index contributed by atoms with van der Waals surface area (Å²) in [6.45, 7) is 6.40. The van der Waals surface area contributed by atoms with E-state index < -0.39 is 0 Å². The number of imidazole rings is 1. The van der Waals surface area contributed by atoms with Gasteiger partial charge in [0.05, 0.1) is 11.1 Å². The lowest BCUT2D eigenvalue weighted by atomic mass is 9.99. The standard InChI is InChI=1S/C20H23ClN4/c1-13-6-7-15(9-14(13)2)12-25-8-4-3-5-18(25)20-23-17-10-16(21)11-22-19(17)24-20/h6-7,9-11,18H,3-5,8,12H2,1-2H3,(H,22,23,24)/t18-/m0/s1. The number of aromatic amines is 1. The van der Waals surface area contributed by atoms with E-state index in [0.29, 0.717) is 11.1 Å². The van der Waals surface area contributed by atoms with E-state index in [0.717, 1.165) is 36.5 Å². The van der Waals surface area contributed by atoms with E-state index >= 15 is 0 Å². The molecule has 1 saturated heterocycles. The van der Waals surface area contributed by atoms with Crippen LogP contribution in [0, 0.1) is 13.8 Å². The highest BCUT2D eigenvalue weighted by molar-refractivity contribution is 6.31. The molecule has 1 aromatic carbocycles. The number of hydrogen-bond donors (Lipinski definition) is 1. The highest BCUT2D eigenvalue weighted by Crippen LogP contribution is 2.32. The molecule has 0 spiro atoms. The van der Waals surface area contributed by atoms with E-state index in [4.69, 9.17) is 16.6 Å². The van der Waals surface area contributed by atoms with Gasteiger partial charge in [-0.1, -0.05) is 36.2 Å². The number of hydrogen-bond acceptors (Lipinski definition) is 3. The molecule has 3 aromatic rings. The zero-order valence-electron chi connectivity index (χ0n) is 14.7. The molecular formula is C20H23ClN4. The maximum atomic E-state index is 6.05. The first-order chi connectivity index (χ1) is 12.1. The second-order valence-corrected chi connectivity index (χ2v) is 7.48. The van der Waals surface area contributed by atoms with Crippen molar-refractivity contribution in [2.45, 2.75) is 45.7 Å². The first-order valence-corrected chi connectivity index (χ1v) is 9.29. The van der Waals surface area contributed by atoms with Gasteiger partial charge in [0.25, 0.3) is 0 Å². The molecule has 1 aliphatic rings. The quantitative estimate of drug-likeness (QED) is 0.723. The van der Waals surface area contributed by atoms with Gasteiger partial charge >= 0.3 is 0 Å². The monoisotopic (exact) mass is 354 g/mol. The molecule has 0 aliphatic carbocycles. The summed E-state index contributed by atoms with van der Waals surface area (Å²) in [4.78, 5) is 15.1. The third kappa shape index (κ3) is 3.42. The molecule has 0 bridgehead atoms. The summed E-state index contributed by atoms with van der Waals surface area (Å²) in [5.41, 5.74) is 5.73. The lowest BCUT2D eigenvalue weighted by molar-refractivity contribution is 0.134. The molecule has 1 aliphatic heterocycles. The van der Waals surface area contributed by atoms with Crippen LogP contribution in [0.3, 0.4) is 0 Å². The Morgan fingerprint density at radius 2 is 2.08 bits per heavy atom. The predicted octanol–water partition coefficient (Wildman–Crippen LogP) is 4.96. The number of piperidine rings is 1. The van der Waals surface area contributed by atoms with Gasteiger partial charge in [0.1, 0.15) is 11.3 Å². The number of fused-ring (bicyclic) bond motifs is 1. The SMILES string of the molecule is Cc1ccc(CN2CCCC[C@H]2c2nc3cc(Cl)cnc3[nH]2)cc1C. The Morgan fingerprint density at radius 1 is 1.20 bits per heavy atom. The van der Waals surface area contributed by atoms with E-state index in [1.54, 1.807) is 6.20 Å². The molecule has 2 aromatic heterocycles. The fraction of sp³-hybridized carbons (Fsp3) is 0.400. The maximum Gasteiger partial charge on any atom is 0.157 e. The van der Waals surface area contributed by atoms with E-state index in [9.17, 15) is 0 Å². The molecule has 4 rings (SSSR count). The Morgan fingerprint density at radius 3 is 2.92 bits per heavy atom. The van der Waals surface area contributed by atoms with Gasteiger partial charge in [-0.25, -0.2) is 9.97 Å². The first-order valence-electron chi connectivity index (χ1n) is 8.91. The summed E-state index contributed by atoms with van der Waals surface area (Å²) in [5, 5.41) is 0.626. The average molecular weight is 355 g/mol. The van der Waals surface area contributed by atoms with Crippen LogP contribution in [0.15, 0.2) is 30.5 Å². The largest absolute Gasteiger partial charge is 0.325 e. The average Bonchev–Trinajstić information content (AvgIpc) is 3.01. The molecule has 5 heteroatoms. The molecule has 4 nitrogen and oxygen atoms in total. The van der Waals surface area contributed by atoms with Crippen LogP contribution in [0.2, 0.25) is 5.02 Å². The van der Waals surface area contributed by atoms with Crippen LogP contribution in [0.25, 0.3) is 11.2 Å². The van der Waals surface area contributed by atoms with Crippen LogP contribution < -0.4 is 0 Å². The van der Waals surface area contributed by atoms with Crippen LogP contribution in [-0.2, 0) is 6.54 Å². The van der Waals surface area contributed by atoms with Gasteiger partial charge in [-0.05, 0) is 56.0 Å². The van der Waals surface area contributed by atoms with Crippen molar-refractivity contribution >= 4 is 22.8 Å². The smallest absolute Gasteiger partial charge is 0.157 e. The first kappa shape index (κ1) is 16.6. The molecule has 0 saturated carbocycles. The number of pyridine rings is 1. The Hall–Kier alpha value is -1.91. The predicted molar refractivity (Wildman–Crippen MR) is 102 cm³/mol. The van der Waals surface area contributed by atoms with Crippen molar-refractivity contribution < 1.29 is 0 Å². The Labute approximate surface area is 153 Å². The molecule has 0 amide bonds. The van der Waals surface area contributed by atoms with Crippen molar-refractivity contribution in [3.63, 3.8) is 0 Å². The minimum absolute atomic E-state index is 0.309. The summed E-state index contributed by atoms with van der Waals surface area (Å²) in [7, 11) is 0. The van der Waals surface area contributed by atoms with Gasteiger partial charge in [-0.2, -0.15) is 0 Å². The topological polar surface area (TPSA) is 44.8 Å². The van der Waals surface area contributed by atoms with E-state index in [1.165, 1.54) is 29.5 Å². The second-order valence-electron chi connectivity index (χ2n) is 7.04. The Kier molecular flexibility index (Phi) is 4.48. The fourth-order valence-corrected chi connectivity index (χ4v) is 3.83. The van der Waals surface area contributed by atoms with Crippen LogP contribution >= 0.6 is 11.6 Å². The normalized spacial score (nSPS) is 18.8. The summed E-state index contributed by atoms with van der Waals surface area (Å²) in [6.07, 6.45) is 5.27. The van der Waals surface area contributed by atoms with Crippen LogP contribution in [0.1, 0.15) is 47.8 Å². The minimum atomic E-state index is 0.309. The lowest BCUT2D eigenvalue weighted by Crippen LogP contribution is -2.33. The van der Waals surface area contributed by atoms with E-state index in [2.05, 4.69) is 46.9 Å². The van der Waals surface area contributed by atoms with Gasteiger partial charge in [-0.15, -0.1) is 0 Å². The summed E-state index contributed by atoms with van der Waals surface area (Å²) >= 11 is 6.05. The molecule has 1 N–H and O–H groups in total. The number of nitrogens with one attached hydrogen (secondary N) is 1. The molecule has 3 heterocycles. The molecule has 1 fully saturated rings. The van der Waals surface area contributed by atoms with Gasteiger partial charge in [0.2, 0.25) is 0 Å². The number of nitrogens with zero attached hydrogens (tertiary/aromatic N) is 3. The summed E-state index contributed by atoms with van der Waals surface area (Å²) in [6, 6.07) is 8.95. The van der Waals surface area contributed by atoms with Gasteiger partial charge in [-0.3, -0.25) is 4.90 Å². The third-order valence-electron chi connectivity index (χ3n) is 5.21. The maximum absolute atomic E-state index is 6.05. The number of likely N-dealkylation sites (tertiary alicyclic amines) is 1. The highest BCUT2D eigenvalue weighted by atomic mass is 35.5. The molecule has 130 valence electrons. The third-order valence-corrected chi connectivity index (χ3v) is 5.41. The molecular weight excluding hydrogens is 332 g/mol. The second kappa shape index (κ2) is 6.77. The number of H-pyrrole nitrogens is 1. The number of benzene rings is 1. The van der Waals surface area contributed by atoms with Crippen molar-refractivity contribution in [2.24, 2.45) is 0 Å². The Balaban J connectivity index is 1.62. The Bertz CT molecular complexity index is 902. The fourth-order valence-electron chi connectivity index (χ4n) is 3.67. The van der Waals surface area contributed by atoms with Crippen molar-refractivity contribution in [2.75, 3.05) is 6.54 Å². The van der Waals surface area contributed by atoms with Gasteiger partial charge < -0.3 is 4.98 Å². The van der Waals surface area contributed by atoms with E-state index in [-0.39, 0.29) is 0 Å². The minimum Gasteiger partial charge on any atom is -0.325 e. The molecule has 0 unspecified atom stereocenters. The van der Waals surface area contributed by atoms with Crippen molar-refractivity contribution in [1.29, 1.82) is 0 Å². The number of aromatic nitrogens is 3. The van der Waals surface area contributed by atoms with E-state index in [1.807, 2.05) is 6.07 Å². The van der Waals surface area contributed by atoms with Crippen molar-refractivity contribution in [1.82, 2.24) is 19.9 Å². The zero-order chi connectivity index (χ0) is 17.4. The van der Waals surface area contributed by atoms with Crippen molar-refractivity contribution in [3.8, 4) is 0 Å². The molecule has 0 radical (unpaired) electrons. The molecule has 1 atom stereocenters. The van der Waals surface area contributed by atoms with Gasteiger partial charge in [0.15, 0.2) is 5.65 Å². The lowest BCUT2D eigenvalue weighted by Gasteiger charge is -2.34. The van der Waals surface area contributed by atoms with Crippen LogP contribution in [-0.4, -0.2) is 26.4 Å². The zero-order valence-corrected chi connectivity index (χ0v) is 15.5. The van der Waals surface area contributed by atoms with Crippen LogP contribution in [0.5, 0.6) is 0 Å².